The molecule has 1 aromatic heterocycles. The highest BCUT2D eigenvalue weighted by Crippen LogP contribution is 2.30. The highest BCUT2D eigenvalue weighted by atomic mass is 35.5. The molecular formula is C21H29ClFN3O3S. The van der Waals surface area contributed by atoms with E-state index in [2.05, 4.69) is 9.97 Å². The Morgan fingerprint density at radius 3 is 2.67 bits per heavy atom. The van der Waals surface area contributed by atoms with Crippen molar-refractivity contribution in [3.8, 4) is 5.75 Å². The summed E-state index contributed by atoms with van der Waals surface area (Å²) in [6, 6.07) is 3.26. The van der Waals surface area contributed by atoms with Crippen LogP contribution < -0.4 is 16.0 Å². The third-order valence-corrected chi connectivity index (χ3v) is 7.17. The van der Waals surface area contributed by atoms with Crippen molar-refractivity contribution in [2.75, 3.05) is 19.8 Å². The van der Waals surface area contributed by atoms with Crippen LogP contribution in [0.2, 0.25) is 0 Å². The molecule has 0 amide bonds. The first kappa shape index (κ1) is 23.3. The smallest absolute Gasteiger partial charge is 0.261 e. The number of nitrogens with zero attached hydrogens (tertiary/aromatic N) is 1. The van der Waals surface area contributed by atoms with Crippen molar-refractivity contribution in [2.45, 2.75) is 55.6 Å². The first-order chi connectivity index (χ1) is 14.1. The molecule has 6 nitrogen and oxygen atoms in total. The van der Waals surface area contributed by atoms with E-state index in [0.717, 1.165) is 51.7 Å². The van der Waals surface area contributed by atoms with Gasteiger partial charge in [0, 0.05) is 36.6 Å². The van der Waals surface area contributed by atoms with Crippen LogP contribution in [0.5, 0.6) is 5.75 Å². The van der Waals surface area contributed by atoms with E-state index < -0.39 is 11.4 Å². The van der Waals surface area contributed by atoms with E-state index >= 15 is 0 Å². The number of aromatic amines is 1. The van der Waals surface area contributed by atoms with Crippen molar-refractivity contribution in [1.82, 2.24) is 9.97 Å². The lowest BCUT2D eigenvalue weighted by Gasteiger charge is -2.25. The van der Waals surface area contributed by atoms with Gasteiger partial charge in [-0.05, 0) is 44.4 Å². The summed E-state index contributed by atoms with van der Waals surface area (Å²) in [7, 11) is 0. The number of fused-ring (bicyclic) bond motifs is 1. The van der Waals surface area contributed by atoms with Gasteiger partial charge in [-0.2, -0.15) is 11.8 Å². The summed E-state index contributed by atoms with van der Waals surface area (Å²) in [6.45, 7) is 2.00. The molecule has 9 heteroatoms. The second kappa shape index (κ2) is 10.8. The molecule has 2 aliphatic rings. The Hall–Kier alpha value is -1.35. The minimum absolute atomic E-state index is 0. The highest BCUT2D eigenvalue weighted by molar-refractivity contribution is 7.99. The van der Waals surface area contributed by atoms with E-state index in [-0.39, 0.29) is 17.8 Å². The molecule has 2 heterocycles. The van der Waals surface area contributed by atoms with Crippen molar-refractivity contribution in [3.05, 3.63) is 34.1 Å². The zero-order chi connectivity index (χ0) is 20.2. The molecule has 166 valence electrons. The number of H-pyrrole nitrogens is 1. The normalized spacial score (nSPS) is 22.6. The Kier molecular flexibility index (Phi) is 8.39. The molecule has 1 aliphatic carbocycles. The fraction of sp³-hybridized carbons (Fsp3) is 0.619. The van der Waals surface area contributed by atoms with Crippen LogP contribution in [-0.4, -0.2) is 41.1 Å². The lowest BCUT2D eigenvalue weighted by atomic mass is 9.96. The zero-order valence-electron chi connectivity index (χ0n) is 16.9. The number of thioether (sulfide) groups is 1. The summed E-state index contributed by atoms with van der Waals surface area (Å²) >= 11 is 1.78. The van der Waals surface area contributed by atoms with E-state index in [1.807, 2.05) is 0 Å². The van der Waals surface area contributed by atoms with E-state index in [1.165, 1.54) is 6.07 Å². The van der Waals surface area contributed by atoms with E-state index in [9.17, 15) is 9.18 Å². The molecule has 1 aromatic carbocycles. The van der Waals surface area contributed by atoms with Crippen LogP contribution in [0.4, 0.5) is 4.39 Å². The molecule has 2 aromatic rings. The number of aromatic nitrogens is 2. The standard InChI is InChI=1S/C21H28FN3O3S.ClH/c22-17-9-15(28-11-13-5-7-27-8-6-13)10-18-20(17)21(26)25-19(24-18)12-29-16-3-1-14(23)2-4-16;/h9-10,13-14,16H,1-8,11-12,23H2,(H,24,25,26);1H. The van der Waals surface area contributed by atoms with E-state index in [0.29, 0.717) is 46.7 Å². The quantitative estimate of drug-likeness (QED) is 0.685. The first-order valence-electron chi connectivity index (χ1n) is 10.4. The summed E-state index contributed by atoms with van der Waals surface area (Å²) in [4.78, 5) is 19.7. The molecule has 0 spiro atoms. The van der Waals surface area contributed by atoms with Crippen molar-refractivity contribution in [1.29, 1.82) is 0 Å². The van der Waals surface area contributed by atoms with Crippen LogP contribution in [0.3, 0.4) is 0 Å². The molecule has 30 heavy (non-hydrogen) atoms. The molecule has 1 saturated heterocycles. The molecule has 0 bridgehead atoms. The molecule has 4 rings (SSSR count). The summed E-state index contributed by atoms with van der Waals surface area (Å²) in [6.07, 6.45) is 6.14. The molecule has 1 aliphatic heterocycles. The number of hydrogen-bond acceptors (Lipinski definition) is 6. The molecule has 1 saturated carbocycles. The van der Waals surface area contributed by atoms with Gasteiger partial charge in [-0.25, -0.2) is 9.37 Å². The molecule has 0 radical (unpaired) electrons. The van der Waals surface area contributed by atoms with Gasteiger partial charge in [0.15, 0.2) is 0 Å². The minimum Gasteiger partial charge on any atom is -0.493 e. The number of nitrogens with one attached hydrogen (secondary N) is 1. The number of rotatable bonds is 6. The second-order valence-electron chi connectivity index (χ2n) is 8.03. The Bertz CT molecular complexity index is 899. The zero-order valence-corrected chi connectivity index (χ0v) is 18.5. The van der Waals surface area contributed by atoms with Crippen LogP contribution in [0.1, 0.15) is 44.3 Å². The van der Waals surface area contributed by atoms with Crippen molar-refractivity contribution >= 4 is 35.1 Å². The van der Waals surface area contributed by atoms with Gasteiger partial charge in [0.25, 0.3) is 5.56 Å². The van der Waals surface area contributed by atoms with E-state index in [1.54, 1.807) is 17.8 Å². The lowest BCUT2D eigenvalue weighted by Crippen LogP contribution is -2.27. The maximum absolute atomic E-state index is 14.5. The van der Waals surface area contributed by atoms with Gasteiger partial charge in [0.05, 0.1) is 17.9 Å². The molecule has 2 fully saturated rings. The number of ether oxygens (including phenoxy) is 2. The fourth-order valence-corrected chi connectivity index (χ4v) is 5.11. The highest BCUT2D eigenvalue weighted by Gasteiger charge is 2.20. The number of halogens is 2. The molecule has 0 unspecified atom stereocenters. The summed E-state index contributed by atoms with van der Waals surface area (Å²) in [5, 5.41) is 0.516. The van der Waals surface area contributed by atoms with Gasteiger partial charge in [0.2, 0.25) is 0 Å². The van der Waals surface area contributed by atoms with Gasteiger partial charge in [0.1, 0.15) is 22.8 Å². The van der Waals surface area contributed by atoms with Gasteiger partial charge in [-0.3, -0.25) is 4.79 Å². The van der Waals surface area contributed by atoms with Crippen molar-refractivity contribution < 1.29 is 13.9 Å². The topological polar surface area (TPSA) is 90.2 Å². The maximum Gasteiger partial charge on any atom is 0.261 e. The third-order valence-electron chi connectivity index (χ3n) is 5.78. The van der Waals surface area contributed by atoms with Crippen LogP contribution in [0.15, 0.2) is 16.9 Å². The first-order valence-corrected chi connectivity index (χ1v) is 11.4. The average molecular weight is 458 g/mol. The van der Waals surface area contributed by atoms with Gasteiger partial charge in [-0.1, -0.05) is 0 Å². The summed E-state index contributed by atoms with van der Waals surface area (Å²) < 4.78 is 25.7. The Balaban J connectivity index is 0.00000256. The van der Waals surface area contributed by atoms with Crippen LogP contribution in [0, 0.1) is 11.7 Å². The van der Waals surface area contributed by atoms with Crippen LogP contribution >= 0.6 is 24.2 Å². The Labute approximate surface area is 185 Å². The molecule has 0 atom stereocenters. The predicted molar refractivity (Wildman–Crippen MR) is 120 cm³/mol. The van der Waals surface area contributed by atoms with Gasteiger partial charge < -0.3 is 20.2 Å². The number of benzene rings is 1. The molecular weight excluding hydrogens is 429 g/mol. The van der Waals surface area contributed by atoms with E-state index in [4.69, 9.17) is 15.2 Å². The maximum atomic E-state index is 14.5. The largest absolute Gasteiger partial charge is 0.493 e. The Morgan fingerprint density at radius 1 is 1.20 bits per heavy atom. The van der Waals surface area contributed by atoms with Gasteiger partial charge >= 0.3 is 0 Å². The average Bonchev–Trinajstić information content (AvgIpc) is 2.72. The van der Waals surface area contributed by atoms with Gasteiger partial charge in [-0.15, -0.1) is 12.4 Å². The fourth-order valence-electron chi connectivity index (χ4n) is 3.98. The number of hydrogen-bond donors (Lipinski definition) is 2. The summed E-state index contributed by atoms with van der Waals surface area (Å²) in [5.41, 5.74) is 5.87. The number of nitrogens with two attached hydrogens (primary N) is 1. The monoisotopic (exact) mass is 457 g/mol. The second-order valence-corrected chi connectivity index (χ2v) is 9.32. The van der Waals surface area contributed by atoms with Crippen molar-refractivity contribution in [2.24, 2.45) is 11.7 Å². The SMILES string of the molecule is Cl.NC1CCC(SCc2nc3cc(OCC4CCOCC4)cc(F)c3c(=O)[nH]2)CC1. The Morgan fingerprint density at radius 2 is 1.93 bits per heavy atom. The lowest BCUT2D eigenvalue weighted by molar-refractivity contribution is 0.0497. The predicted octanol–water partition coefficient (Wildman–Crippen LogP) is 3.79. The van der Waals surface area contributed by atoms with Crippen LogP contribution in [0.25, 0.3) is 10.9 Å². The minimum atomic E-state index is -0.598. The summed E-state index contributed by atoms with van der Waals surface area (Å²) in [5.74, 6) is 1.39. The third kappa shape index (κ3) is 5.87. The molecule has 3 N–H and O–H groups in total. The van der Waals surface area contributed by atoms with Crippen LogP contribution in [-0.2, 0) is 10.5 Å². The van der Waals surface area contributed by atoms with Crippen molar-refractivity contribution in [3.63, 3.8) is 0 Å².